The van der Waals surface area contributed by atoms with Crippen molar-refractivity contribution in [2.45, 2.75) is 6.42 Å². The van der Waals surface area contributed by atoms with Gasteiger partial charge in [-0.1, -0.05) is 40.2 Å². The quantitative estimate of drug-likeness (QED) is 0.845. The number of benzene rings is 1. The van der Waals surface area contributed by atoms with Gasteiger partial charge in [-0.15, -0.1) is 0 Å². The van der Waals surface area contributed by atoms with Crippen molar-refractivity contribution in [1.29, 1.82) is 0 Å². The lowest BCUT2D eigenvalue weighted by Gasteiger charge is -1.94. The van der Waals surface area contributed by atoms with E-state index in [4.69, 9.17) is 5.11 Å². The van der Waals surface area contributed by atoms with E-state index in [0.717, 1.165) is 28.2 Å². The Morgan fingerprint density at radius 1 is 1.41 bits per heavy atom. The molecule has 0 radical (unpaired) electrons. The van der Waals surface area contributed by atoms with Gasteiger partial charge < -0.3 is 10.1 Å². The van der Waals surface area contributed by atoms with E-state index in [1.54, 1.807) is 6.07 Å². The van der Waals surface area contributed by atoms with Crippen LogP contribution in [0, 0.1) is 0 Å². The highest BCUT2D eigenvalue weighted by Gasteiger charge is 2.06. The van der Waals surface area contributed by atoms with Gasteiger partial charge >= 0.3 is 5.97 Å². The summed E-state index contributed by atoms with van der Waals surface area (Å²) in [7, 11) is 0. The Bertz CT molecular complexity index is 572. The van der Waals surface area contributed by atoms with Gasteiger partial charge in [-0.3, -0.25) is 0 Å². The normalized spacial score (nSPS) is 11.4. The van der Waals surface area contributed by atoms with Crippen LogP contribution in [0.1, 0.15) is 22.5 Å². The van der Waals surface area contributed by atoms with Crippen LogP contribution in [0.25, 0.3) is 17.0 Å². The van der Waals surface area contributed by atoms with E-state index < -0.39 is 5.97 Å². The van der Waals surface area contributed by atoms with Gasteiger partial charge in [0, 0.05) is 16.2 Å². The van der Waals surface area contributed by atoms with E-state index in [9.17, 15) is 4.79 Å². The molecule has 0 atom stereocenters. The summed E-state index contributed by atoms with van der Waals surface area (Å²) in [6, 6.07) is 7.49. The summed E-state index contributed by atoms with van der Waals surface area (Å²) >= 11 is 3.36. The van der Waals surface area contributed by atoms with Crippen molar-refractivity contribution in [3.05, 3.63) is 41.6 Å². The zero-order valence-electron chi connectivity index (χ0n) is 9.11. The van der Waals surface area contributed by atoms with Gasteiger partial charge in [0.2, 0.25) is 0 Å². The molecule has 3 nitrogen and oxygen atoms in total. The number of hydrogen-bond donors (Lipinski definition) is 2. The molecule has 0 aliphatic heterocycles. The average Bonchev–Trinajstić information content (AvgIpc) is 2.72. The topological polar surface area (TPSA) is 53.1 Å². The fraction of sp³-hybridized carbons (Fsp3) is 0.154. The molecule has 0 unspecified atom stereocenters. The first-order valence-electron chi connectivity index (χ1n) is 5.29. The molecule has 2 N–H and O–H groups in total. The minimum Gasteiger partial charge on any atom is -0.477 e. The molecule has 0 bridgehead atoms. The van der Waals surface area contributed by atoms with Crippen LogP contribution in [0.3, 0.4) is 0 Å². The summed E-state index contributed by atoms with van der Waals surface area (Å²) in [4.78, 5) is 13.7. The number of rotatable bonds is 4. The summed E-state index contributed by atoms with van der Waals surface area (Å²) in [5, 5.41) is 10.7. The molecule has 0 fully saturated rings. The number of aromatic amines is 1. The molecule has 4 heteroatoms. The minimum absolute atomic E-state index is 0.224. The molecule has 1 heterocycles. The second kappa shape index (κ2) is 5.19. The molecular formula is C13H12BrNO2. The number of carboxylic acids is 1. The van der Waals surface area contributed by atoms with Gasteiger partial charge in [0.05, 0.1) is 0 Å². The van der Waals surface area contributed by atoms with E-state index in [0.29, 0.717) is 0 Å². The summed E-state index contributed by atoms with van der Waals surface area (Å²) in [5.74, 6) is -0.933. The number of nitrogens with one attached hydrogen (secondary N) is 1. The molecule has 0 amide bonds. The molecule has 0 aliphatic rings. The lowest BCUT2D eigenvalue weighted by atomic mass is 10.1. The molecule has 0 saturated carbocycles. The Morgan fingerprint density at radius 2 is 2.24 bits per heavy atom. The number of H-pyrrole nitrogens is 1. The van der Waals surface area contributed by atoms with Gasteiger partial charge in [-0.05, 0) is 24.1 Å². The lowest BCUT2D eigenvalue weighted by molar-refractivity contribution is 0.0691. The Labute approximate surface area is 107 Å². The monoisotopic (exact) mass is 293 g/mol. The van der Waals surface area contributed by atoms with Crippen molar-refractivity contribution in [3.8, 4) is 0 Å². The van der Waals surface area contributed by atoms with Crippen molar-refractivity contribution in [3.63, 3.8) is 0 Å². The smallest absolute Gasteiger partial charge is 0.352 e. The fourth-order valence-corrected chi connectivity index (χ4v) is 1.91. The number of hydrogen-bond acceptors (Lipinski definition) is 1. The molecule has 2 rings (SSSR count). The van der Waals surface area contributed by atoms with E-state index in [1.807, 2.05) is 24.3 Å². The van der Waals surface area contributed by atoms with E-state index in [-0.39, 0.29) is 5.69 Å². The number of fused-ring (bicyclic) bond motifs is 1. The lowest BCUT2D eigenvalue weighted by Crippen LogP contribution is -1.94. The molecule has 17 heavy (non-hydrogen) atoms. The summed E-state index contributed by atoms with van der Waals surface area (Å²) < 4.78 is 0. The minimum atomic E-state index is -0.933. The van der Waals surface area contributed by atoms with Crippen molar-refractivity contribution < 1.29 is 9.90 Å². The Morgan fingerprint density at radius 3 is 2.94 bits per heavy atom. The SMILES string of the molecule is O=C(O)c1cc2ccc(C=CCCBr)cc2[nH]1. The highest BCUT2D eigenvalue weighted by Crippen LogP contribution is 2.18. The van der Waals surface area contributed by atoms with Crippen molar-refractivity contribution >= 4 is 38.9 Å². The third-order valence-corrected chi connectivity index (χ3v) is 2.92. The highest BCUT2D eigenvalue weighted by atomic mass is 79.9. The summed E-state index contributed by atoms with van der Waals surface area (Å²) in [6.07, 6.45) is 5.09. The zero-order valence-corrected chi connectivity index (χ0v) is 10.7. The van der Waals surface area contributed by atoms with Gasteiger partial charge in [0.15, 0.2) is 0 Å². The van der Waals surface area contributed by atoms with E-state index in [2.05, 4.69) is 27.0 Å². The maximum Gasteiger partial charge on any atom is 0.352 e. The van der Waals surface area contributed by atoms with Gasteiger partial charge in [0.25, 0.3) is 0 Å². The van der Waals surface area contributed by atoms with Crippen LogP contribution in [0.2, 0.25) is 0 Å². The first-order chi connectivity index (χ1) is 8.20. The van der Waals surface area contributed by atoms with Crippen LogP contribution in [0.5, 0.6) is 0 Å². The van der Waals surface area contributed by atoms with Crippen LogP contribution >= 0.6 is 15.9 Å². The molecular weight excluding hydrogens is 282 g/mol. The van der Waals surface area contributed by atoms with Crippen LogP contribution in [-0.4, -0.2) is 21.4 Å². The summed E-state index contributed by atoms with van der Waals surface area (Å²) in [5.41, 5.74) is 2.14. The van der Waals surface area contributed by atoms with Gasteiger partial charge in [-0.25, -0.2) is 4.79 Å². The number of halogens is 1. The summed E-state index contributed by atoms with van der Waals surface area (Å²) in [6.45, 7) is 0. The van der Waals surface area contributed by atoms with Crippen LogP contribution in [-0.2, 0) is 0 Å². The molecule has 1 aromatic carbocycles. The second-order valence-corrected chi connectivity index (χ2v) is 4.51. The van der Waals surface area contributed by atoms with Crippen molar-refractivity contribution in [2.24, 2.45) is 0 Å². The molecule has 88 valence electrons. The zero-order chi connectivity index (χ0) is 12.3. The number of aromatic nitrogens is 1. The average molecular weight is 294 g/mol. The first kappa shape index (κ1) is 11.9. The molecule has 0 saturated heterocycles. The predicted molar refractivity (Wildman–Crippen MR) is 72.7 cm³/mol. The number of alkyl halides is 1. The maximum absolute atomic E-state index is 10.8. The fourth-order valence-electron chi connectivity index (χ4n) is 1.65. The number of aromatic carboxylic acids is 1. The molecule has 2 aromatic rings. The largest absolute Gasteiger partial charge is 0.477 e. The second-order valence-electron chi connectivity index (χ2n) is 3.71. The Hall–Kier alpha value is -1.55. The van der Waals surface area contributed by atoms with Crippen molar-refractivity contribution in [1.82, 2.24) is 4.98 Å². The third-order valence-electron chi connectivity index (χ3n) is 2.46. The molecule has 1 aromatic heterocycles. The number of carbonyl (C=O) groups is 1. The Balaban J connectivity index is 2.33. The van der Waals surface area contributed by atoms with Crippen LogP contribution < -0.4 is 0 Å². The van der Waals surface area contributed by atoms with E-state index >= 15 is 0 Å². The maximum atomic E-state index is 10.8. The van der Waals surface area contributed by atoms with Crippen LogP contribution in [0.4, 0.5) is 0 Å². The Kier molecular flexibility index (Phi) is 3.64. The van der Waals surface area contributed by atoms with E-state index in [1.165, 1.54) is 0 Å². The third kappa shape index (κ3) is 2.77. The van der Waals surface area contributed by atoms with Crippen molar-refractivity contribution in [2.75, 3.05) is 5.33 Å². The molecule has 0 spiro atoms. The van der Waals surface area contributed by atoms with Crippen LogP contribution in [0.15, 0.2) is 30.3 Å². The number of allylic oxidation sites excluding steroid dienone is 1. The standard InChI is InChI=1S/C13H12BrNO2/c14-6-2-1-3-9-4-5-10-8-12(13(16)17)15-11(10)7-9/h1,3-5,7-8,15H,2,6H2,(H,16,17). The first-order valence-corrected chi connectivity index (χ1v) is 6.41. The number of carboxylic acid groups (broad SMARTS) is 1. The van der Waals surface area contributed by atoms with Gasteiger partial charge in [0.1, 0.15) is 5.69 Å². The highest BCUT2D eigenvalue weighted by molar-refractivity contribution is 9.09. The van der Waals surface area contributed by atoms with Gasteiger partial charge in [-0.2, -0.15) is 0 Å². The molecule has 0 aliphatic carbocycles. The predicted octanol–water partition coefficient (Wildman–Crippen LogP) is 3.66.